The van der Waals surface area contributed by atoms with Gasteiger partial charge in [0.15, 0.2) is 5.65 Å². The molecular formula is C12H11IN4O2S. The Balaban J connectivity index is 2.29. The number of nitrogens with one attached hydrogen (secondary N) is 2. The highest BCUT2D eigenvalue weighted by molar-refractivity contribution is 14.1. The van der Waals surface area contributed by atoms with E-state index in [1.165, 1.54) is 4.57 Å². The Bertz CT molecular complexity index is 889. The second kappa shape index (κ2) is 5.17. The Morgan fingerprint density at radius 1 is 1.40 bits per heavy atom. The van der Waals surface area contributed by atoms with Crippen molar-refractivity contribution in [1.82, 2.24) is 19.5 Å². The van der Waals surface area contributed by atoms with Gasteiger partial charge in [0.05, 0.1) is 2.88 Å². The van der Waals surface area contributed by atoms with Crippen LogP contribution in [0.15, 0.2) is 21.0 Å². The van der Waals surface area contributed by atoms with Crippen LogP contribution in [0.3, 0.4) is 0 Å². The van der Waals surface area contributed by atoms with E-state index in [2.05, 4.69) is 37.5 Å². The van der Waals surface area contributed by atoms with Gasteiger partial charge in [-0.05, 0) is 35.1 Å². The topological polar surface area (TPSA) is 83.5 Å². The summed E-state index contributed by atoms with van der Waals surface area (Å²) in [6.45, 7) is 2.50. The standard InChI is InChI=1S/C12H11IN4O2S/c1-2-3-17-10-8(11(18)16-12(17)19)14-9(15-10)6-4-7(13)20-5-6/h4-5H,2-3H2,1H3,(H,14,15)(H,16,18,19). The molecule has 0 aliphatic rings. The molecule has 0 aromatic carbocycles. The smallest absolute Gasteiger partial charge is 0.330 e. The molecule has 3 heterocycles. The quantitative estimate of drug-likeness (QED) is 0.659. The lowest BCUT2D eigenvalue weighted by Crippen LogP contribution is -2.30. The van der Waals surface area contributed by atoms with Crippen LogP contribution in [0.25, 0.3) is 22.6 Å². The number of nitrogens with zero attached hydrogens (tertiary/aromatic N) is 2. The largest absolute Gasteiger partial charge is 0.332 e. The molecule has 0 unspecified atom stereocenters. The Morgan fingerprint density at radius 2 is 2.20 bits per heavy atom. The minimum absolute atomic E-state index is 0.342. The number of thiophene rings is 1. The summed E-state index contributed by atoms with van der Waals surface area (Å²) in [7, 11) is 0. The number of imidazole rings is 1. The van der Waals surface area contributed by atoms with Crippen molar-refractivity contribution in [2.45, 2.75) is 19.9 Å². The zero-order valence-electron chi connectivity index (χ0n) is 10.6. The molecule has 2 N–H and O–H groups in total. The molecule has 0 atom stereocenters. The van der Waals surface area contributed by atoms with Crippen LogP contribution >= 0.6 is 33.9 Å². The Morgan fingerprint density at radius 3 is 2.85 bits per heavy atom. The second-order valence-corrected chi connectivity index (χ2v) is 7.14. The molecule has 6 nitrogen and oxygen atoms in total. The van der Waals surface area contributed by atoms with Crippen molar-refractivity contribution in [3.8, 4) is 11.4 Å². The van der Waals surface area contributed by atoms with Gasteiger partial charge >= 0.3 is 5.69 Å². The molecule has 0 saturated carbocycles. The third-order valence-corrected chi connectivity index (χ3v) is 4.71. The van der Waals surface area contributed by atoms with Crippen molar-refractivity contribution in [3.63, 3.8) is 0 Å². The van der Waals surface area contributed by atoms with Crippen LogP contribution in [-0.2, 0) is 6.54 Å². The summed E-state index contributed by atoms with van der Waals surface area (Å²) in [5, 5.41) is 1.97. The zero-order valence-corrected chi connectivity index (χ0v) is 13.5. The van der Waals surface area contributed by atoms with Crippen LogP contribution in [0.1, 0.15) is 13.3 Å². The first-order valence-electron chi connectivity index (χ1n) is 6.07. The van der Waals surface area contributed by atoms with Gasteiger partial charge in [-0.25, -0.2) is 9.78 Å². The van der Waals surface area contributed by atoms with Gasteiger partial charge in [0.25, 0.3) is 5.56 Å². The van der Waals surface area contributed by atoms with E-state index in [9.17, 15) is 9.59 Å². The van der Waals surface area contributed by atoms with Crippen LogP contribution in [0.4, 0.5) is 0 Å². The van der Waals surface area contributed by atoms with Gasteiger partial charge in [-0.1, -0.05) is 6.92 Å². The minimum Gasteiger partial charge on any atom is -0.332 e. The van der Waals surface area contributed by atoms with Crippen molar-refractivity contribution in [2.75, 3.05) is 0 Å². The molecule has 0 spiro atoms. The van der Waals surface area contributed by atoms with E-state index in [-0.39, 0.29) is 0 Å². The van der Waals surface area contributed by atoms with Crippen LogP contribution in [0.5, 0.6) is 0 Å². The number of aryl methyl sites for hydroxylation is 1. The molecule has 20 heavy (non-hydrogen) atoms. The van der Waals surface area contributed by atoms with E-state index < -0.39 is 11.2 Å². The van der Waals surface area contributed by atoms with Crippen molar-refractivity contribution in [2.24, 2.45) is 0 Å². The lowest BCUT2D eigenvalue weighted by Gasteiger charge is -2.02. The van der Waals surface area contributed by atoms with Gasteiger partial charge in [0, 0.05) is 17.5 Å². The van der Waals surface area contributed by atoms with Gasteiger partial charge in [0.2, 0.25) is 0 Å². The first kappa shape index (κ1) is 13.6. The van der Waals surface area contributed by atoms with Gasteiger partial charge < -0.3 is 4.98 Å². The van der Waals surface area contributed by atoms with Crippen LogP contribution in [0, 0.1) is 2.88 Å². The molecule has 3 rings (SSSR count). The van der Waals surface area contributed by atoms with Crippen LogP contribution < -0.4 is 11.2 Å². The number of H-pyrrole nitrogens is 2. The average molecular weight is 402 g/mol. The van der Waals surface area contributed by atoms with Crippen LogP contribution in [-0.4, -0.2) is 19.5 Å². The zero-order chi connectivity index (χ0) is 14.3. The number of halogens is 1. The first-order valence-corrected chi connectivity index (χ1v) is 8.03. The lowest BCUT2D eigenvalue weighted by molar-refractivity contribution is 0.653. The molecule has 0 amide bonds. The number of aromatic amines is 2. The highest BCUT2D eigenvalue weighted by Crippen LogP contribution is 2.25. The predicted octanol–water partition coefficient (Wildman–Crippen LogP) is 2.16. The molecule has 3 aromatic heterocycles. The fraction of sp³-hybridized carbons (Fsp3) is 0.250. The monoisotopic (exact) mass is 402 g/mol. The molecule has 104 valence electrons. The summed E-state index contributed by atoms with van der Waals surface area (Å²) >= 11 is 3.83. The van der Waals surface area contributed by atoms with E-state index in [0.717, 1.165) is 14.9 Å². The molecular weight excluding hydrogens is 391 g/mol. The minimum atomic E-state index is -0.430. The SMILES string of the molecule is CCCn1c(=O)[nH]c(=O)c2[nH]c(-c3csc(I)c3)nc21. The molecule has 0 aliphatic heterocycles. The maximum atomic E-state index is 11.9. The number of hydrogen-bond donors (Lipinski definition) is 2. The second-order valence-electron chi connectivity index (χ2n) is 4.33. The van der Waals surface area contributed by atoms with E-state index in [1.54, 1.807) is 11.3 Å². The molecule has 0 saturated heterocycles. The normalized spacial score (nSPS) is 11.3. The predicted molar refractivity (Wildman–Crippen MR) is 87.3 cm³/mol. The van der Waals surface area contributed by atoms with Crippen molar-refractivity contribution >= 4 is 45.1 Å². The van der Waals surface area contributed by atoms with E-state index in [1.807, 2.05) is 18.4 Å². The van der Waals surface area contributed by atoms with Crippen molar-refractivity contribution in [3.05, 3.63) is 35.2 Å². The number of fused-ring (bicyclic) bond motifs is 1. The highest BCUT2D eigenvalue weighted by Gasteiger charge is 2.14. The van der Waals surface area contributed by atoms with Crippen molar-refractivity contribution in [1.29, 1.82) is 0 Å². The highest BCUT2D eigenvalue weighted by atomic mass is 127. The fourth-order valence-corrected chi connectivity index (χ4v) is 3.37. The van der Waals surface area contributed by atoms with Gasteiger partial charge in [0.1, 0.15) is 11.3 Å². The van der Waals surface area contributed by atoms with E-state index in [0.29, 0.717) is 23.5 Å². The number of rotatable bonds is 3. The lowest BCUT2D eigenvalue weighted by atomic mass is 10.3. The Labute approximate surface area is 131 Å². The summed E-state index contributed by atoms with van der Waals surface area (Å²) in [6.07, 6.45) is 0.791. The average Bonchev–Trinajstić information content (AvgIpc) is 3.00. The molecule has 3 aromatic rings. The summed E-state index contributed by atoms with van der Waals surface area (Å²) in [4.78, 5) is 33.5. The third-order valence-electron chi connectivity index (χ3n) is 2.92. The third kappa shape index (κ3) is 2.22. The number of aromatic nitrogens is 4. The molecule has 0 aliphatic carbocycles. The van der Waals surface area contributed by atoms with E-state index in [4.69, 9.17) is 0 Å². The molecule has 8 heteroatoms. The summed E-state index contributed by atoms with van der Waals surface area (Å²) < 4.78 is 2.63. The van der Waals surface area contributed by atoms with Crippen LogP contribution in [0.2, 0.25) is 0 Å². The molecule has 0 fully saturated rings. The van der Waals surface area contributed by atoms with Gasteiger partial charge in [-0.3, -0.25) is 14.3 Å². The Hall–Kier alpha value is -1.42. The molecule has 0 bridgehead atoms. The summed E-state index contributed by atoms with van der Waals surface area (Å²) in [6, 6.07) is 1.99. The molecule has 0 radical (unpaired) electrons. The fourth-order valence-electron chi connectivity index (χ4n) is 2.04. The van der Waals surface area contributed by atoms with Crippen molar-refractivity contribution < 1.29 is 0 Å². The summed E-state index contributed by atoms with van der Waals surface area (Å²) in [5.41, 5.74) is 0.833. The van der Waals surface area contributed by atoms with E-state index >= 15 is 0 Å². The summed E-state index contributed by atoms with van der Waals surface area (Å²) in [5.74, 6) is 0.611. The maximum absolute atomic E-state index is 11.9. The van der Waals surface area contributed by atoms with Gasteiger partial charge in [-0.2, -0.15) is 0 Å². The van der Waals surface area contributed by atoms with Gasteiger partial charge in [-0.15, -0.1) is 11.3 Å². The maximum Gasteiger partial charge on any atom is 0.330 e. The Kier molecular flexibility index (Phi) is 3.50. The number of hydrogen-bond acceptors (Lipinski definition) is 4. The first-order chi connectivity index (χ1) is 9.60.